The molecule has 2 rings (SSSR count). The summed E-state index contributed by atoms with van der Waals surface area (Å²) >= 11 is 0. The van der Waals surface area contributed by atoms with E-state index in [1.165, 1.54) is 12.3 Å². The molecule has 5 nitrogen and oxygen atoms in total. The molecule has 1 N–H and O–H groups in total. The lowest BCUT2D eigenvalue weighted by Gasteiger charge is -2.03. The van der Waals surface area contributed by atoms with Crippen LogP contribution in [-0.2, 0) is 6.54 Å². The van der Waals surface area contributed by atoms with E-state index in [-0.39, 0.29) is 12.1 Å². The monoisotopic (exact) mass is 227 g/mol. The number of nitrogens with one attached hydrogen (secondary N) is 1. The topological polar surface area (TPSA) is 78.7 Å². The second-order valence-corrected chi connectivity index (χ2v) is 3.52. The summed E-state index contributed by atoms with van der Waals surface area (Å²) in [7, 11) is 0. The van der Waals surface area contributed by atoms with E-state index in [9.17, 15) is 9.59 Å². The molecule has 0 amide bonds. The van der Waals surface area contributed by atoms with Crippen molar-refractivity contribution in [3.8, 4) is 6.07 Å². The fraction of sp³-hybridized carbons (Fsp3) is 0.0833. The highest BCUT2D eigenvalue weighted by molar-refractivity contribution is 5.31. The SMILES string of the molecule is N#Cc1ccc(Cn2c(=O)cc[nH]c2=O)cc1. The lowest BCUT2D eigenvalue weighted by molar-refractivity contribution is 0.699. The van der Waals surface area contributed by atoms with Gasteiger partial charge in [-0.05, 0) is 17.7 Å². The van der Waals surface area contributed by atoms with Gasteiger partial charge in [0, 0.05) is 12.3 Å². The van der Waals surface area contributed by atoms with Crippen molar-refractivity contribution in [2.75, 3.05) is 0 Å². The van der Waals surface area contributed by atoms with Crippen LogP contribution in [0.4, 0.5) is 0 Å². The number of nitriles is 1. The summed E-state index contributed by atoms with van der Waals surface area (Å²) in [6, 6.07) is 10.0. The van der Waals surface area contributed by atoms with Crippen molar-refractivity contribution in [1.29, 1.82) is 5.26 Å². The van der Waals surface area contributed by atoms with Crippen molar-refractivity contribution in [2.24, 2.45) is 0 Å². The van der Waals surface area contributed by atoms with Crippen molar-refractivity contribution in [1.82, 2.24) is 9.55 Å². The highest BCUT2D eigenvalue weighted by Gasteiger charge is 2.01. The Kier molecular flexibility index (Phi) is 2.88. The van der Waals surface area contributed by atoms with E-state index < -0.39 is 5.69 Å². The molecule has 5 heteroatoms. The van der Waals surface area contributed by atoms with Gasteiger partial charge in [-0.25, -0.2) is 4.79 Å². The molecule has 0 aliphatic heterocycles. The first-order valence-corrected chi connectivity index (χ1v) is 4.98. The molecule has 0 spiro atoms. The van der Waals surface area contributed by atoms with Gasteiger partial charge < -0.3 is 4.98 Å². The lowest BCUT2D eigenvalue weighted by Crippen LogP contribution is -2.34. The van der Waals surface area contributed by atoms with Gasteiger partial charge in [0.15, 0.2) is 0 Å². The maximum absolute atomic E-state index is 11.5. The van der Waals surface area contributed by atoms with Crippen LogP contribution in [0.2, 0.25) is 0 Å². The van der Waals surface area contributed by atoms with Crippen molar-refractivity contribution in [2.45, 2.75) is 6.54 Å². The number of benzene rings is 1. The van der Waals surface area contributed by atoms with Crippen LogP contribution in [0.3, 0.4) is 0 Å². The Morgan fingerprint density at radius 2 is 1.88 bits per heavy atom. The van der Waals surface area contributed by atoms with E-state index in [1.807, 2.05) is 6.07 Å². The minimum atomic E-state index is -0.443. The van der Waals surface area contributed by atoms with Crippen molar-refractivity contribution < 1.29 is 0 Å². The van der Waals surface area contributed by atoms with Crippen LogP contribution >= 0.6 is 0 Å². The van der Waals surface area contributed by atoms with E-state index in [1.54, 1.807) is 24.3 Å². The zero-order valence-electron chi connectivity index (χ0n) is 8.88. The lowest BCUT2D eigenvalue weighted by atomic mass is 10.1. The number of hydrogen-bond acceptors (Lipinski definition) is 3. The van der Waals surface area contributed by atoms with Crippen LogP contribution in [-0.4, -0.2) is 9.55 Å². The molecule has 0 fully saturated rings. The largest absolute Gasteiger partial charge is 0.328 e. The molecule has 1 aromatic carbocycles. The third-order valence-electron chi connectivity index (χ3n) is 2.37. The molecule has 0 saturated heterocycles. The van der Waals surface area contributed by atoms with Crippen LogP contribution in [0.5, 0.6) is 0 Å². The smallest absolute Gasteiger partial charge is 0.314 e. The van der Waals surface area contributed by atoms with Crippen LogP contribution in [0, 0.1) is 11.3 Å². The van der Waals surface area contributed by atoms with Crippen LogP contribution in [0.1, 0.15) is 11.1 Å². The molecule has 17 heavy (non-hydrogen) atoms. The normalized spacial score (nSPS) is 9.82. The summed E-state index contributed by atoms with van der Waals surface area (Å²) in [5.41, 5.74) is 0.547. The summed E-state index contributed by atoms with van der Waals surface area (Å²) in [6.07, 6.45) is 1.32. The molecule has 0 aliphatic carbocycles. The number of rotatable bonds is 2. The maximum atomic E-state index is 11.5. The van der Waals surface area contributed by atoms with Gasteiger partial charge in [-0.15, -0.1) is 0 Å². The highest BCUT2D eigenvalue weighted by Crippen LogP contribution is 2.03. The van der Waals surface area contributed by atoms with Gasteiger partial charge in [-0.2, -0.15) is 5.26 Å². The number of aromatic nitrogens is 2. The molecule has 0 atom stereocenters. The Morgan fingerprint density at radius 3 is 2.47 bits per heavy atom. The first-order valence-electron chi connectivity index (χ1n) is 4.98. The van der Waals surface area contributed by atoms with Crippen LogP contribution < -0.4 is 11.2 Å². The van der Waals surface area contributed by atoms with Gasteiger partial charge in [0.05, 0.1) is 18.2 Å². The summed E-state index contributed by atoms with van der Waals surface area (Å²) in [5, 5.41) is 8.65. The third-order valence-corrected chi connectivity index (χ3v) is 2.37. The molecule has 0 saturated carbocycles. The first kappa shape index (κ1) is 10.9. The number of aromatic amines is 1. The molecular formula is C12H9N3O2. The number of nitrogens with zero attached hydrogens (tertiary/aromatic N) is 2. The van der Waals surface area contributed by atoms with Crippen molar-refractivity contribution in [3.05, 3.63) is 68.5 Å². The molecule has 0 aliphatic rings. The van der Waals surface area contributed by atoms with Gasteiger partial charge in [-0.3, -0.25) is 9.36 Å². The average Bonchev–Trinajstić information content (AvgIpc) is 2.35. The molecule has 1 heterocycles. The Balaban J connectivity index is 2.36. The molecule has 0 bridgehead atoms. The van der Waals surface area contributed by atoms with E-state index in [0.717, 1.165) is 10.1 Å². The van der Waals surface area contributed by atoms with Gasteiger partial charge >= 0.3 is 5.69 Å². The molecule has 0 unspecified atom stereocenters. The predicted molar refractivity (Wildman–Crippen MR) is 61.6 cm³/mol. The zero-order chi connectivity index (χ0) is 12.3. The minimum Gasteiger partial charge on any atom is -0.314 e. The maximum Gasteiger partial charge on any atom is 0.328 e. The fourth-order valence-corrected chi connectivity index (χ4v) is 1.47. The zero-order valence-corrected chi connectivity index (χ0v) is 8.88. The van der Waals surface area contributed by atoms with Crippen molar-refractivity contribution in [3.63, 3.8) is 0 Å². The second-order valence-electron chi connectivity index (χ2n) is 3.52. The van der Waals surface area contributed by atoms with Crippen LogP contribution in [0.15, 0.2) is 46.1 Å². The summed E-state index contributed by atoms with van der Waals surface area (Å²) in [6.45, 7) is 0.195. The quantitative estimate of drug-likeness (QED) is 0.809. The van der Waals surface area contributed by atoms with Crippen molar-refractivity contribution >= 4 is 0 Å². The van der Waals surface area contributed by atoms with Gasteiger partial charge in [0.25, 0.3) is 5.56 Å². The summed E-state index contributed by atoms with van der Waals surface area (Å²) < 4.78 is 1.10. The molecule has 2 aromatic rings. The van der Waals surface area contributed by atoms with E-state index in [4.69, 9.17) is 5.26 Å². The Hall–Kier alpha value is -2.61. The van der Waals surface area contributed by atoms with Gasteiger partial charge in [0.2, 0.25) is 0 Å². The van der Waals surface area contributed by atoms with Crippen LogP contribution in [0.25, 0.3) is 0 Å². The number of hydrogen-bond donors (Lipinski definition) is 1. The molecule has 0 radical (unpaired) electrons. The number of H-pyrrole nitrogens is 1. The Labute approximate surface area is 96.6 Å². The van der Waals surface area contributed by atoms with E-state index >= 15 is 0 Å². The molecule has 84 valence electrons. The molecule has 1 aromatic heterocycles. The average molecular weight is 227 g/mol. The minimum absolute atomic E-state index is 0.195. The summed E-state index contributed by atoms with van der Waals surface area (Å²) in [4.78, 5) is 25.3. The fourth-order valence-electron chi connectivity index (χ4n) is 1.47. The van der Waals surface area contributed by atoms with E-state index in [2.05, 4.69) is 4.98 Å². The third kappa shape index (κ3) is 2.32. The van der Waals surface area contributed by atoms with Gasteiger partial charge in [-0.1, -0.05) is 12.1 Å². The Bertz CT molecular complexity index is 646. The first-order chi connectivity index (χ1) is 8.20. The molecular weight excluding hydrogens is 218 g/mol. The van der Waals surface area contributed by atoms with Gasteiger partial charge in [0.1, 0.15) is 0 Å². The Morgan fingerprint density at radius 1 is 1.18 bits per heavy atom. The van der Waals surface area contributed by atoms with E-state index in [0.29, 0.717) is 5.56 Å². The standard InChI is InChI=1S/C12H9N3O2/c13-7-9-1-3-10(4-2-9)8-15-11(16)5-6-14-12(15)17/h1-6H,8H2,(H,14,17). The predicted octanol–water partition coefficient (Wildman–Crippen LogP) is 0.457. The summed E-state index contributed by atoms with van der Waals surface area (Å²) in [5.74, 6) is 0. The highest BCUT2D eigenvalue weighted by atomic mass is 16.2. The second kappa shape index (κ2) is 4.49.